The molecule has 1 aliphatic rings. The number of aliphatic hydroxyl groups is 1. The van der Waals surface area contributed by atoms with Gasteiger partial charge in [0.2, 0.25) is 0 Å². The number of ether oxygens (including phenoxy) is 1. The van der Waals surface area contributed by atoms with Gasteiger partial charge in [0.15, 0.2) is 10.0 Å². The number of carbonyl (C=O) groups excluding carboxylic acids is 1. The van der Waals surface area contributed by atoms with Crippen LogP contribution in [0.2, 0.25) is 0 Å². The van der Waals surface area contributed by atoms with Crippen molar-refractivity contribution in [2.24, 2.45) is 5.41 Å². The fourth-order valence-corrected chi connectivity index (χ4v) is 4.94. The second-order valence-corrected chi connectivity index (χ2v) is 10.1. The van der Waals surface area contributed by atoms with E-state index in [0.717, 1.165) is 0 Å². The summed E-state index contributed by atoms with van der Waals surface area (Å²) in [6.45, 7) is 5.73. The number of thiazole rings is 1. The van der Waals surface area contributed by atoms with E-state index >= 15 is 0 Å². The molecule has 168 valence electrons. The lowest BCUT2D eigenvalue weighted by molar-refractivity contribution is 0.0690. The van der Waals surface area contributed by atoms with Gasteiger partial charge >= 0.3 is 12.1 Å². The second kappa shape index (κ2) is 11.1. The molecule has 2 N–H and O–H groups in total. The SMILES string of the molecule is CC1OC(=O)N(CCSc2nc(C(=O)O)cs2)C1C=CC(O)C(C)(C)CCCCF. The van der Waals surface area contributed by atoms with Crippen LogP contribution in [-0.2, 0) is 4.74 Å². The van der Waals surface area contributed by atoms with Crippen LogP contribution < -0.4 is 0 Å². The molecule has 7 nitrogen and oxygen atoms in total. The zero-order chi connectivity index (χ0) is 22.3. The molecule has 1 aromatic heterocycles. The molecule has 30 heavy (non-hydrogen) atoms. The van der Waals surface area contributed by atoms with Crippen LogP contribution in [0.15, 0.2) is 21.9 Å². The Hall–Kier alpha value is -1.65. The Balaban J connectivity index is 1.93. The number of cyclic esters (lactones) is 1. The molecule has 1 amide bonds. The predicted octanol–water partition coefficient (Wildman–Crippen LogP) is 4.23. The first-order chi connectivity index (χ1) is 14.2. The van der Waals surface area contributed by atoms with Crippen LogP contribution in [0.5, 0.6) is 0 Å². The number of aliphatic hydroxyl groups excluding tert-OH is 1. The van der Waals surface area contributed by atoms with E-state index < -0.39 is 23.6 Å². The molecule has 2 heterocycles. The van der Waals surface area contributed by atoms with Gasteiger partial charge in [0.05, 0.1) is 18.8 Å². The van der Waals surface area contributed by atoms with Crippen LogP contribution in [0.4, 0.5) is 9.18 Å². The molecular formula is C20H29FN2O5S2. The van der Waals surface area contributed by atoms with Crippen molar-refractivity contribution < 1.29 is 28.9 Å². The summed E-state index contributed by atoms with van der Waals surface area (Å²) in [4.78, 5) is 28.8. The molecule has 1 fully saturated rings. The number of hydrogen-bond donors (Lipinski definition) is 2. The van der Waals surface area contributed by atoms with Gasteiger partial charge in [-0.1, -0.05) is 44.2 Å². The van der Waals surface area contributed by atoms with Gasteiger partial charge < -0.3 is 14.9 Å². The number of carbonyl (C=O) groups is 2. The Bertz CT molecular complexity index is 755. The zero-order valence-electron chi connectivity index (χ0n) is 17.4. The third kappa shape index (κ3) is 6.68. The molecule has 0 spiro atoms. The number of thioether (sulfide) groups is 1. The summed E-state index contributed by atoms with van der Waals surface area (Å²) in [5.74, 6) is -0.526. The molecule has 3 unspecified atom stereocenters. The molecule has 0 radical (unpaired) electrons. The van der Waals surface area contributed by atoms with Gasteiger partial charge in [-0.15, -0.1) is 11.3 Å². The van der Waals surface area contributed by atoms with Crippen molar-refractivity contribution >= 4 is 35.2 Å². The van der Waals surface area contributed by atoms with Crippen LogP contribution in [0.25, 0.3) is 0 Å². The van der Waals surface area contributed by atoms with Crippen LogP contribution >= 0.6 is 23.1 Å². The molecule has 1 saturated heterocycles. The van der Waals surface area contributed by atoms with Crippen LogP contribution in [0.3, 0.4) is 0 Å². The summed E-state index contributed by atoms with van der Waals surface area (Å²) >= 11 is 2.63. The van der Waals surface area contributed by atoms with Gasteiger partial charge in [0.1, 0.15) is 6.10 Å². The Labute approximate surface area is 184 Å². The Morgan fingerprint density at radius 3 is 2.87 bits per heavy atom. The molecule has 2 rings (SSSR count). The minimum absolute atomic E-state index is 0.0145. The van der Waals surface area contributed by atoms with E-state index in [-0.39, 0.29) is 24.5 Å². The lowest BCUT2D eigenvalue weighted by Crippen LogP contribution is -2.36. The number of carboxylic acids is 1. The zero-order valence-corrected chi connectivity index (χ0v) is 19.0. The highest BCUT2D eigenvalue weighted by atomic mass is 32.2. The first-order valence-electron chi connectivity index (χ1n) is 9.87. The van der Waals surface area contributed by atoms with Gasteiger partial charge in [0.25, 0.3) is 0 Å². The molecule has 1 aromatic rings. The molecule has 0 aliphatic carbocycles. The van der Waals surface area contributed by atoms with Gasteiger partial charge in [-0.05, 0) is 25.2 Å². The standard InChI is InChI=1S/C20H29FN2O5S2/c1-13-15(6-7-16(24)20(2,3)8-4-5-9-21)23(19(27)28-13)10-11-29-18-22-14(12-30-18)17(25)26/h6-7,12-13,15-16,24H,4-5,8-11H2,1-3H3,(H,25,26). The fraction of sp³-hybridized carbons (Fsp3) is 0.650. The summed E-state index contributed by atoms with van der Waals surface area (Å²) in [6, 6.07) is -0.305. The highest BCUT2D eigenvalue weighted by Crippen LogP contribution is 2.30. The number of rotatable bonds is 12. The Morgan fingerprint density at radius 1 is 1.50 bits per heavy atom. The quantitative estimate of drug-likeness (QED) is 0.274. The maximum atomic E-state index is 12.3. The summed E-state index contributed by atoms with van der Waals surface area (Å²) in [5.41, 5.74) is -0.383. The average Bonchev–Trinajstić information content (AvgIpc) is 3.25. The van der Waals surface area contributed by atoms with E-state index in [1.54, 1.807) is 24.0 Å². The summed E-state index contributed by atoms with van der Waals surface area (Å²) in [6.07, 6.45) is 3.90. The first-order valence-corrected chi connectivity index (χ1v) is 11.7. The Morgan fingerprint density at radius 2 is 2.23 bits per heavy atom. The van der Waals surface area contributed by atoms with Gasteiger partial charge in [-0.25, -0.2) is 14.6 Å². The number of unbranched alkanes of at least 4 members (excludes halogenated alkanes) is 1. The van der Waals surface area contributed by atoms with Crippen molar-refractivity contribution in [3.05, 3.63) is 23.2 Å². The minimum Gasteiger partial charge on any atom is -0.476 e. The largest absolute Gasteiger partial charge is 0.476 e. The number of aromatic nitrogens is 1. The smallest absolute Gasteiger partial charge is 0.410 e. The van der Waals surface area contributed by atoms with Crippen molar-refractivity contribution in [2.45, 2.75) is 62.6 Å². The number of aromatic carboxylic acids is 1. The van der Waals surface area contributed by atoms with E-state index in [2.05, 4.69) is 4.98 Å². The summed E-state index contributed by atoms with van der Waals surface area (Å²) in [7, 11) is 0. The number of halogens is 1. The van der Waals surface area contributed by atoms with E-state index in [9.17, 15) is 19.1 Å². The van der Waals surface area contributed by atoms with E-state index in [4.69, 9.17) is 9.84 Å². The molecule has 0 saturated carbocycles. The minimum atomic E-state index is -1.06. The van der Waals surface area contributed by atoms with E-state index in [1.807, 2.05) is 13.8 Å². The topological polar surface area (TPSA) is 100.0 Å². The first kappa shape index (κ1) is 24.6. The normalized spacial score (nSPS) is 20.7. The monoisotopic (exact) mass is 460 g/mol. The van der Waals surface area contributed by atoms with E-state index in [1.165, 1.54) is 28.5 Å². The molecule has 1 aliphatic heterocycles. The Kier molecular flexibility index (Phi) is 9.11. The highest BCUT2D eigenvalue weighted by Gasteiger charge is 2.37. The van der Waals surface area contributed by atoms with E-state index in [0.29, 0.717) is 35.9 Å². The fourth-order valence-electron chi connectivity index (χ4n) is 3.13. The third-order valence-corrected chi connectivity index (χ3v) is 7.12. The van der Waals surface area contributed by atoms with Crippen LogP contribution in [0, 0.1) is 5.41 Å². The van der Waals surface area contributed by atoms with Crippen molar-refractivity contribution in [2.75, 3.05) is 19.0 Å². The molecule has 0 bridgehead atoms. The van der Waals surface area contributed by atoms with Gasteiger partial charge in [-0.3, -0.25) is 9.29 Å². The average molecular weight is 461 g/mol. The number of alkyl halides is 1. The maximum absolute atomic E-state index is 12.3. The lowest BCUT2D eigenvalue weighted by atomic mass is 9.81. The number of nitrogens with zero attached hydrogens (tertiary/aromatic N) is 2. The van der Waals surface area contributed by atoms with Crippen LogP contribution in [0.1, 0.15) is 50.5 Å². The maximum Gasteiger partial charge on any atom is 0.410 e. The van der Waals surface area contributed by atoms with Gasteiger partial charge in [-0.2, -0.15) is 0 Å². The van der Waals surface area contributed by atoms with Crippen molar-refractivity contribution in [3.8, 4) is 0 Å². The molecule has 10 heteroatoms. The van der Waals surface area contributed by atoms with Crippen molar-refractivity contribution in [1.82, 2.24) is 9.88 Å². The number of amides is 1. The second-order valence-electron chi connectivity index (χ2n) is 7.89. The number of carboxylic acid groups (broad SMARTS) is 1. The predicted molar refractivity (Wildman–Crippen MR) is 115 cm³/mol. The van der Waals surface area contributed by atoms with Crippen molar-refractivity contribution in [3.63, 3.8) is 0 Å². The summed E-state index contributed by atoms with van der Waals surface area (Å²) in [5, 5.41) is 21.0. The van der Waals surface area contributed by atoms with Gasteiger partial charge in [0, 0.05) is 17.7 Å². The number of hydrogen-bond acceptors (Lipinski definition) is 7. The van der Waals surface area contributed by atoms with Crippen molar-refractivity contribution in [1.29, 1.82) is 0 Å². The summed E-state index contributed by atoms with van der Waals surface area (Å²) < 4.78 is 18.3. The molecular weight excluding hydrogens is 431 g/mol. The molecule has 0 aromatic carbocycles. The third-order valence-electron chi connectivity index (χ3n) is 5.12. The lowest BCUT2D eigenvalue weighted by Gasteiger charge is -2.29. The molecule has 3 atom stereocenters. The highest BCUT2D eigenvalue weighted by molar-refractivity contribution is 8.01. The van der Waals surface area contributed by atoms with Crippen LogP contribution in [-0.4, -0.2) is 69.4 Å².